The molecule has 1 saturated carbocycles. The second-order valence-corrected chi connectivity index (χ2v) is 12.3. The average Bonchev–Trinajstić information content (AvgIpc) is 3.04. The highest BCUT2D eigenvalue weighted by Gasteiger charge is 2.40. The number of para-hydroxylation sites is 1. The van der Waals surface area contributed by atoms with Crippen molar-refractivity contribution in [2.24, 2.45) is 11.3 Å². The first-order valence-electron chi connectivity index (χ1n) is 13.3. The van der Waals surface area contributed by atoms with E-state index >= 15 is 0 Å². The minimum absolute atomic E-state index is 0.447. The molecule has 2 fully saturated rings. The number of aryl methyl sites for hydroxylation is 1. The van der Waals surface area contributed by atoms with Crippen molar-refractivity contribution >= 4 is 40.9 Å². The number of carbonyl (C=O) groups is 1. The van der Waals surface area contributed by atoms with Crippen LogP contribution >= 0.6 is 23.5 Å². The van der Waals surface area contributed by atoms with Gasteiger partial charge < -0.3 is 14.7 Å². The molecule has 0 spiro atoms. The van der Waals surface area contributed by atoms with Crippen molar-refractivity contribution in [2.75, 3.05) is 31.7 Å². The fourth-order valence-electron chi connectivity index (χ4n) is 6.21. The minimum Gasteiger partial charge on any atom is -0.481 e. The number of hydrogen-bond donors (Lipinski definition) is 1. The number of halogens is 1. The number of likely N-dealkylation sites (N-methyl/N-ethyl adjacent to an activating group) is 1. The van der Waals surface area contributed by atoms with Crippen LogP contribution in [0.4, 0.5) is 11.4 Å². The monoisotopic (exact) mass is 528 g/mol. The van der Waals surface area contributed by atoms with Crippen LogP contribution in [0.5, 0.6) is 0 Å². The van der Waals surface area contributed by atoms with Gasteiger partial charge in [0, 0.05) is 41.4 Å². The number of carboxylic acid groups (broad SMARTS) is 1. The summed E-state index contributed by atoms with van der Waals surface area (Å²) in [4.78, 5) is 15.8. The van der Waals surface area contributed by atoms with Crippen LogP contribution in [-0.2, 0) is 16.0 Å². The van der Waals surface area contributed by atoms with Gasteiger partial charge in [-0.25, -0.2) is 4.31 Å². The molecule has 7 heteroatoms. The third-order valence-electron chi connectivity index (χ3n) is 8.54. The van der Waals surface area contributed by atoms with Gasteiger partial charge in [-0.05, 0) is 93.3 Å². The molecule has 36 heavy (non-hydrogen) atoms. The normalized spacial score (nSPS) is 23.2. The molecule has 1 N–H and O–H groups in total. The molecule has 5 rings (SSSR count). The predicted molar refractivity (Wildman–Crippen MR) is 147 cm³/mol. The van der Waals surface area contributed by atoms with E-state index in [1.165, 1.54) is 42.7 Å². The molecule has 2 aromatic rings. The third-order valence-corrected chi connectivity index (χ3v) is 9.97. The SMILES string of the molecule is CN1Sc2cc(CCC3(C(=O)O)CCOCC3)c(Cl)cc2N(c2ccccc2)C[C@H]1C1CCCCC1. The van der Waals surface area contributed by atoms with Crippen molar-refractivity contribution in [3.05, 3.63) is 53.1 Å². The topological polar surface area (TPSA) is 53.0 Å². The van der Waals surface area contributed by atoms with Crippen LogP contribution in [0.3, 0.4) is 0 Å². The van der Waals surface area contributed by atoms with Crippen LogP contribution in [0.2, 0.25) is 5.02 Å². The minimum atomic E-state index is -0.722. The maximum absolute atomic E-state index is 12.2. The molecule has 0 unspecified atom stereocenters. The van der Waals surface area contributed by atoms with Gasteiger partial charge >= 0.3 is 5.97 Å². The molecule has 0 bridgehead atoms. The highest BCUT2D eigenvalue weighted by molar-refractivity contribution is 7.97. The molecular formula is C29H37ClN2O3S. The van der Waals surface area contributed by atoms with E-state index in [9.17, 15) is 9.90 Å². The van der Waals surface area contributed by atoms with E-state index in [4.69, 9.17) is 16.3 Å². The summed E-state index contributed by atoms with van der Waals surface area (Å²) in [5.41, 5.74) is 2.64. The standard InChI is InChI=1S/C29H37ClN2O3S/c1-31-26(21-8-4-2-5-9-21)20-32(23-10-6-3-7-11-23)25-19-24(30)22(18-27(25)36-31)12-13-29(28(33)34)14-16-35-17-15-29/h3,6-7,10-11,18-19,21,26H,2,4-5,8-9,12-17,20H2,1H3,(H,33,34)/t26-/m0/s1. The number of fused-ring (bicyclic) bond motifs is 1. The molecule has 194 valence electrons. The largest absolute Gasteiger partial charge is 0.481 e. The lowest BCUT2D eigenvalue weighted by molar-refractivity contribution is -0.155. The highest BCUT2D eigenvalue weighted by Crippen LogP contribution is 2.46. The lowest BCUT2D eigenvalue weighted by Gasteiger charge is -2.37. The van der Waals surface area contributed by atoms with E-state index in [0.29, 0.717) is 50.9 Å². The number of anilines is 2. The Bertz CT molecular complexity index is 1050. The summed E-state index contributed by atoms with van der Waals surface area (Å²) in [6.07, 6.45) is 8.95. The number of aliphatic carboxylic acids is 1. The smallest absolute Gasteiger partial charge is 0.309 e. The molecule has 3 aliphatic rings. The van der Waals surface area contributed by atoms with Gasteiger partial charge in [0.05, 0.1) is 11.1 Å². The van der Waals surface area contributed by atoms with E-state index in [1.54, 1.807) is 0 Å². The second-order valence-electron chi connectivity index (χ2n) is 10.7. The van der Waals surface area contributed by atoms with Crippen LogP contribution in [0.15, 0.2) is 47.4 Å². The first kappa shape index (κ1) is 25.9. The molecule has 0 amide bonds. The predicted octanol–water partition coefficient (Wildman–Crippen LogP) is 7.19. The quantitative estimate of drug-likeness (QED) is 0.400. The summed E-state index contributed by atoms with van der Waals surface area (Å²) in [7, 11) is 2.23. The van der Waals surface area contributed by atoms with Crippen LogP contribution < -0.4 is 4.90 Å². The van der Waals surface area contributed by atoms with Gasteiger partial charge in [0.2, 0.25) is 0 Å². The van der Waals surface area contributed by atoms with Crippen molar-refractivity contribution in [2.45, 2.75) is 68.7 Å². The Morgan fingerprint density at radius 3 is 2.56 bits per heavy atom. The van der Waals surface area contributed by atoms with Gasteiger partial charge in [-0.15, -0.1) is 0 Å². The summed E-state index contributed by atoms with van der Waals surface area (Å²) >= 11 is 8.73. The van der Waals surface area contributed by atoms with Gasteiger partial charge in [-0.1, -0.05) is 49.1 Å². The van der Waals surface area contributed by atoms with E-state index in [1.807, 2.05) is 11.9 Å². The van der Waals surface area contributed by atoms with E-state index in [2.05, 4.69) is 58.7 Å². The Labute approximate surface area is 224 Å². The number of nitrogens with zero attached hydrogens (tertiary/aromatic N) is 2. The Kier molecular flexibility index (Phi) is 8.16. The van der Waals surface area contributed by atoms with Crippen LogP contribution in [-0.4, -0.2) is 48.2 Å². The van der Waals surface area contributed by atoms with Crippen molar-refractivity contribution in [3.8, 4) is 0 Å². The zero-order valence-electron chi connectivity index (χ0n) is 21.1. The van der Waals surface area contributed by atoms with E-state index in [0.717, 1.165) is 22.8 Å². The number of rotatable bonds is 6. The number of carboxylic acids is 1. The van der Waals surface area contributed by atoms with Crippen molar-refractivity contribution in [3.63, 3.8) is 0 Å². The zero-order chi connectivity index (χ0) is 25.1. The summed E-state index contributed by atoms with van der Waals surface area (Å²) in [5, 5.41) is 10.7. The lowest BCUT2D eigenvalue weighted by Crippen LogP contribution is -2.42. The third kappa shape index (κ3) is 5.42. The van der Waals surface area contributed by atoms with Crippen LogP contribution in [0, 0.1) is 11.3 Å². The molecule has 2 aromatic carbocycles. The Morgan fingerprint density at radius 2 is 1.86 bits per heavy atom. The summed E-state index contributed by atoms with van der Waals surface area (Å²) < 4.78 is 7.93. The van der Waals surface area contributed by atoms with E-state index < -0.39 is 11.4 Å². The zero-order valence-corrected chi connectivity index (χ0v) is 22.7. The molecule has 1 atom stereocenters. The molecule has 0 aromatic heterocycles. The first-order valence-corrected chi connectivity index (χ1v) is 14.5. The molecule has 5 nitrogen and oxygen atoms in total. The molecule has 2 aliphatic heterocycles. The molecule has 0 radical (unpaired) electrons. The molecule has 1 saturated heterocycles. The molecule has 1 aliphatic carbocycles. The van der Waals surface area contributed by atoms with Crippen LogP contribution in [0.25, 0.3) is 0 Å². The Morgan fingerprint density at radius 1 is 1.14 bits per heavy atom. The summed E-state index contributed by atoms with van der Waals surface area (Å²) in [6, 6.07) is 15.4. The maximum atomic E-state index is 12.2. The fraction of sp³-hybridized carbons (Fsp3) is 0.552. The Balaban J connectivity index is 1.46. The number of ether oxygens (including phenoxy) is 1. The van der Waals surface area contributed by atoms with Crippen molar-refractivity contribution < 1.29 is 14.6 Å². The lowest BCUT2D eigenvalue weighted by atomic mass is 9.76. The maximum Gasteiger partial charge on any atom is 0.309 e. The van der Waals surface area contributed by atoms with Gasteiger partial charge in [-0.2, -0.15) is 0 Å². The first-order chi connectivity index (χ1) is 17.5. The van der Waals surface area contributed by atoms with Gasteiger partial charge in [0.1, 0.15) is 0 Å². The number of benzene rings is 2. The second kappa shape index (κ2) is 11.3. The van der Waals surface area contributed by atoms with Crippen molar-refractivity contribution in [1.29, 1.82) is 0 Å². The van der Waals surface area contributed by atoms with Crippen LogP contribution in [0.1, 0.15) is 56.9 Å². The Hall–Kier alpha value is -1.73. The van der Waals surface area contributed by atoms with Gasteiger partial charge in [-0.3, -0.25) is 4.79 Å². The average molecular weight is 529 g/mol. The van der Waals surface area contributed by atoms with Gasteiger partial charge in [0.15, 0.2) is 0 Å². The summed E-state index contributed by atoms with van der Waals surface area (Å²) in [6.45, 7) is 1.96. The summed E-state index contributed by atoms with van der Waals surface area (Å²) in [5.74, 6) is -0.0213. The van der Waals surface area contributed by atoms with Gasteiger partial charge in [0.25, 0.3) is 0 Å². The molecular weight excluding hydrogens is 492 g/mol. The van der Waals surface area contributed by atoms with E-state index in [-0.39, 0.29) is 0 Å². The fourth-order valence-corrected chi connectivity index (χ4v) is 7.60. The molecule has 2 heterocycles. The highest BCUT2D eigenvalue weighted by atomic mass is 35.5. The van der Waals surface area contributed by atoms with Crippen molar-refractivity contribution in [1.82, 2.24) is 4.31 Å². The number of hydrogen-bond acceptors (Lipinski definition) is 5.